The van der Waals surface area contributed by atoms with E-state index in [9.17, 15) is 13.9 Å². The first-order valence-electron chi connectivity index (χ1n) is 6.91. The van der Waals surface area contributed by atoms with E-state index < -0.39 is 12.0 Å². The lowest BCUT2D eigenvalue weighted by Gasteiger charge is -2.50. The summed E-state index contributed by atoms with van der Waals surface area (Å²) < 4.78 is 31.9. The van der Waals surface area contributed by atoms with Crippen LogP contribution in [0.25, 0.3) is 0 Å². The van der Waals surface area contributed by atoms with Gasteiger partial charge in [0.05, 0.1) is 18.8 Å². The van der Waals surface area contributed by atoms with Gasteiger partial charge in [-0.2, -0.15) is 0 Å². The fraction of sp³-hybridized carbons (Fsp3) is 0.600. The summed E-state index contributed by atoms with van der Waals surface area (Å²) in [4.78, 5) is 2.20. The average Bonchev–Trinajstić information content (AvgIpc) is 2.41. The third-order valence-corrected chi connectivity index (χ3v) is 4.62. The number of rotatable bonds is 2. The maximum atomic E-state index is 13.2. The van der Waals surface area contributed by atoms with Crippen molar-refractivity contribution in [1.82, 2.24) is 4.90 Å². The first-order valence-corrected chi connectivity index (χ1v) is 6.91. The van der Waals surface area contributed by atoms with E-state index in [1.54, 1.807) is 18.2 Å². The van der Waals surface area contributed by atoms with Crippen molar-refractivity contribution in [3.05, 3.63) is 35.4 Å². The molecule has 1 N–H and O–H groups in total. The van der Waals surface area contributed by atoms with Gasteiger partial charge in [0.25, 0.3) is 6.43 Å². The summed E-state index contributed by atoms with van der Waals surface area (Å²) in [6, 6.07) is 6.50. The van der Waals surface area contributed by atoms with Crippen molar-refractivity contribution in [2.24, 2.45) is 0 Å². The number of fused-ring (bicyclic) bond motifs is 2. The molecule has 3 rings (SSSR count). The highest BCUT2D eigenvalue weighted by Crippen LogP contribution is 2.43. The molecule has 2 unspecified atom stereocenters. The van der Waals surface area contributed by atoms with Gasteiger partial charge in [0.15, 0.2) is 0 Å². The highest BCUT2D eigenvalue weighted by atomic mass is 19.3. The van der Waals surface area contributed by atoms with Gasteiger partial charge in [-0.15, -0.1) is 0 Å². The molecule has 1 aromatic carbocycles. The van der Waals surface area contributed by atoms with Gasteiger partial charge in [0.2, 0.25) is 0 Å². The van der Waals surface area contributed by atoms with Crippen LogP contribution < -0.4 is 0 Å². The molecule has 2 bridgehead atoms. The van der Waals surface area contributed by atoms with Gasteiger partial charge < -0.3 is 9.84 Å². The van der Waals surface area contributed by atoms with E-state index in [1.165, 1.54) is 6.07 Å². The second kappa shape index (κ2) is 5.06. The molecule has 5 heteroatoms. The number of alkyl halides is 2. The smallest absolute Gasteiger partial charge is 0.264 e. The Labute approximate surface area is 117 Å². The number of hydrogen-bond acceptors (Lipinski definition) is 3. The summed E-state index contributed by atoms with van der Waals surface area (Å²) in [6.45, 7) is 1.10. The van der Waals surface area contributed by atoms with Gasteiger partial charge >= 0.3 is 0 Å². The zero-order valence-corrected chi connectivity index (χ0v) is 11.4. The molecule has 110 valence electrons. The predicted octanol–water partition coefficient (Wildman–Crippen LogP) is 2.30. The molecular formula is C15H19F2NO2. The molecule has 0 radical (unpaired) electrons. The minimum atomic E-state index is -2.56. The number of halogens is 2. The van der Waals surface area contributed by atoms with Crippen LogP contribution in [0.4, 0.5) is 8.78 Å². The minimum Gasteiger partial charge on any atom is -0.385 e. The number of nitrogens with zero attached hydrogens (tertiary/aromatic N) is 1. The molecule has 2 aliphatic heterocycles. The van der Waals surface area contributed by atoms with E-state index in [0.29, 0.717) is 31.6 Å². The molecule has 2 aliphatic rings. The lowest BCUT2D eigenvalue weighted by molar-refractivity contribution is -0.138. The Morgan fingerprint density at radius 1 is 1.25 bits per heavy atom. The molecule has 2 heterocycles. The summed E-state index contributed by atoms with van der Waals surface area (Å²) in [5, 5.41) is 11.0. The Balaban J connectivity index is 1.97. The van der Waals surface area contributed by atoms with Crippen LogP contribution in [0, 0.1) is 0 Å². The van der Waals surface area contributed by atoms with Crippen molar-refractivity contribution in [3.8, 4) is 0 Å². The van der Waals surface area contributed by atoms with E-state index in [-0.39, 0.29) is 17.6 Å². The SMILES string of the molecule is CN1C2COCC1CC(O)(c1ccccc1C(F)F)C2. The highest BCUT2D eigenvalue weighted by Gasteiger charge is 2.46. The molecule has 0 aromatic heterocycles. The predicted molar refractivity (Wildman–Crippen MR) is 70.7 cm³/mol. The monoisotopic (exact) mass is 283 g/mol. The van der Waals surface area contributed by atoms with Crippen LogP contribution in [0.1, 0.15) is 30.4 Å². The van der Waals surface area contributed by atoms with E-state index in [1.807, 2.05) is 7.05 Å². The number of hydrogen-bond donors (Lipinski definition) is 1. The van der Waals surface area contributed by atoms with Crippen LogP contribution in [-0.2, 0) is 10.3 Å². The Morgan fingerprint density at radius 3 is 2.45 bits per heavy atom. The number of morpholine rings is 1. The zero-order chi connectivity index (χ0) is 14.3. The fourth-order valence-electron chi connectivity index (χ4n) is 3.47. The molecule has 0 aliphatic carbocycles. The standard InChI is InChI=1S/C15H19F2NO2/c1-18-10-6-15(19,7-11(18)9-20-8-10)13-5-3-2-4-12(13)14(16)17/h2-5,10-11,14,19H,6-9H2,1H3. The third kappa shape index (κ3) is 2.24. The van der Waals surface area contributed by atoms with Crippen LogP contribution in [0.3, 0.4) is 0 Å². The van der Waals surface area contributed by atoms with Crippen molar-refractivity contribution in [1.29, 1.82) is 0 Å². The van der Waals surface area contributed by atoms with Crippen LogP contribution in [-0.4, -0.2) is 42.4 Å². The van der Waals surface area contributed by atoms with Gasteiger partial charge in [-0.05, 0) is 25.5 Å². The number of benzene rings is 1. The average molecular weight is 283 g/mol. The van der Waals surface area contributed by atoms with Crippen LogP contribution in [0.2, 0.25) is 0 Å². The first kappa shape index (κ1) is 13.9. The number of piperidine rings is 1. The number of aliphatic hydroxyl groups is 1. The summed E-state index contributed by atoms with van der Waals surface area (Å²) in [5.74, 6) is 0. The van der Waals surface area contributed by atoms with Crippen LogP contribution >= 0.6 is 0 Å². The summed E-state index contributed by atoms with van der Waals surface area (Å²) >= 11 is 0. The minimum absolute atomic E-state index is 0.0569. The summed E-state index contributed by atoms with van der Waals surface area (Å²) in [5.41, 5.74) is -0.864. The molecule has 2 fully saturated rings. The Morgan fingerprint density at radius 2 is 1.85 bits per heavy atom. The van der Waals surface area contributed by atoms with Gasteiger partial charge in [-0.3, -0.25) is 4.90 Å². The van der Waals surface area contributed by atoms with Gasteiger partial charge in [-0.25, -0.2) is 8.78 Å². The summed E-state index contributed by atoms with van der Waals surface area (Å²) in [6.07, 6.45) is -1.70. The van der Waals surface area contributed by atoms with Crippen LogP contribution in [0.5, 0.6) is 0 Å². The number of ether oxygens (including phenoxy) is 1. The highest BCUT2D eigenvalue weighted by molar-refractivity contribution is 5.34. The molecular weight excluding hydrogens is 264 g/mol. The van der Waals surface area contributed by atoms with Crippen molar-refractivity contribution >= 4 is 0 Å². The summed E-state index contributed by atoms with van der Waals surface area (Å²) in [7, 11) is 2.01. The third-order valence-electron chi connectivity index (χ3n) is 4.62. The molecule has 2 saturated heterocycles. The lowest BCUT2D eigenvalue weighted by Crippen LogP contribution is -2.59. The second-order valence-electron chi connectivity index (χ2n) is 5.84. The quantitative estimate of drug-likeness (QED) is 0.904. The normalized spacial score (nSPS) is 34.5. The zero-order valence-electron chi connectivity index (χ0n) is 11.4. The molecule has 3 nitrogen and oxygen atoms in total. The van der Waals surface area contributed by atoms with Crippen LogP contribution in [0.15, 0.2) is 24.3 Å². The largest absolute Gasteiger partial charge is 0.385 e. The molecule has 20 heavy (non-hydrogen) atoms. The first-order chi connectivity index (χ1) is 9.51. The van der Waals surface area contributed by atoms with E-state index >= 15 is 0 Å². The van der Waals surface area contributed by atoms with Gasteiger partial charge in [0.1, 0.15) is 0 Å². The van der Waals surface area contributed by atoms with Crippen molar-refractivity contribution in [3.63, 3.8) is 0 Å². The van der Waals surface area contributed by atoms with Gasteiger partial charge in [0, 0.05) is 17.6 Å². The van der Waals surface area contributed by atoms with Gasteiger partial charge in [-0.1, -0.05) is 24.3 Å². The van der Waals surface area contributed by atoms with E-state index in [2.05, 4.69) is 4.90 Å². The number of likely N-dealkylation sites (N-methyl/N-ethyl adjacent to an activating group) is 1. The van der Waals surface area contributed by atoms with Crippen molar-refractivity contribution < 1.29 is 18.6 Å². The maximum Gasteiger partial charge on any atom is 0.264 e. The Hall–Kier alpha value is -1.04. The molecule has 2 atom stereocenters. The molecule has 0 spiro atoms. The second-order valence-corrected chi connectivity index (χ2v) is 5.84. The van der Waals surface area contributed by atoms with E-state index in [4.69, 9.17) is 4.74 Å². The Bertz CT molecular complexity index is 481. The molecule has 0 saturated carbocycles. The lowest BCUT2D eigenvalue weighted by atomic mass is 9.75. The Kier molecular flexibility index (Phi) is 3.52. The topological polar surface area (TPSA) is 32.7 Å². The molecule has 0 amide bonds. The van der Waals surface area contributed by atoms with Crippen molar-refractivity contribution in [2.45, 2.75) is 37.0 Å². The molecule has 1 aromatic rings. The van der Waals surface area contributed by atoms with Crippen molar-refractivity contribution in [2.75, 3.05) is 20.3 Å². The van der Waals surface area contributed by atoms with E-state index in [0.717, 1.165) is 0 Å². The maximum absolute atomic E-state index is 13.2. The fourth-order valence-corrected chi connectivity index (χ4v) is 3.47.